The lowest BCUT2D eigenvalue weighted by atomic mass is 9.85. The number of rotatable bonds is 4. The van der Waals surface area contributed by atoms with Gasteiger partial charge in [-0.05, 0) is 45.0 Å². The van der Waals surface area contributed by atoms with E-state index in [4.69, 9.17) is 4.74 Å². The number of benzene rings is 2. The molecule has 1 amide bonds. The third-order valence-electron chi connectivity index (χ3n) is 4.76. The zero-order valence-electron chi connectivity index (χ0n) is 15.6. The minimum atomic E-state index is -1.11. The fraction of sp³-hybridized carbons (Fsp3) is 0.300. The molecule has 2 aromatic carbocycles. The number of carbonyl (C=O) groups excluding carboxylic acids is 2. The van der Waals surface area contributed by atoms with E-state index in [0.29, 0.717) is 16.9 Å². The van der Waals surface area contributed by atoms with Crippen LogP contribution in [-0.2, 0) is 0 Å². The van der Waals surface area contributed by atoms with Crippen LogP contribution in [-0.4, -0.2) is 33.4 Å². The quantitative estimate of drug-likeness (QED) is 0.475. The molecule has 0 saturated heterocycles. The molecule has 0 bridgehead atoms. The van der Waals surface area contributed by atoms with Crippen LogP contribution in [0.5, 0.6) is 5.75 Å². The molecule has 1 aliphatic rings. The number of nitro groups is 1. The van der Waals surface area contributed by atoms with Crippen molar-refractivity contribution in [2.24, 2.45) is 0 Å². The number of hydrogen-bond donors (Lipinski definition) is 2. The van der Waals surface area contributed by atoms with Crippen molar-refractivity contribution in [1.29, 1.82) is 0 Å². The van der Waals surface area contributed by atoms with Crippen LogP contribution in [0.3, 0.4) is 0 Å². The smallest absolute Gasteiger partial charge is 0.270 e. The molecule has 1 heterocycles. The van der Waals surface area contributed by atoms with Gasteiger partial charge in [0.2, 0.25) is 0 Å². The SMILES string of the molecule is CC(=O)c1ccc2c(c1)[C@H](NC(=O)c1cccc([N+](=O)[O-])c1)[C@@H](O)C(C)(C)O2. The number of amides is 1. The first-order valence-corrected chi connectivity index (χ1v) is 8.67. The second kappa shape index (κ2) is 7.05. The third-order valence-corrected chi connectivity index (χ3v) is 4.76. The number of aliphatic hydroxyl groups excluding tert-OH is 1. The second-order valence-corrected chi connectivity index (χ2v) is 7.22. The standard InChI is InChI=1S/C20H20N2O6/c1-11(23)12-7-8-16-15(10-12)17(18(24)20(2,3)28-16)21-19(25)13-5-4-6-14(9-13)22(26)27/h4-10,17-18,24H,1-3H3,(H,21,25)/t17-,18+/m0/s1. The van der Waals surface area contributed by atoms with E-state index in [9.17, 15) is 24.8 Å². The van der Waals surface area contributed by atoms with Crippen molar-refractivity contribution in [2.45, 2.75) is 38.5 Å². The summed E-state index contributed by atoms with van der Waals surface area (Å²) in [6.07, 6.45) is -1.11. The van der Waals surface area contributed by atoms with E-state index in [1.54, 1.807) is 32.0 Å². The molecule has 2 N–H and O–H groups in total. The largest absolute Gasteiger partial charge is 0.485 e. The molecule has 0 unspecified atom stereocenters. The summed E-state index contributed by atoms with van der Waals surface area (Å²) in [5.41, 5.74) is -0.220. The van der Waals surface area contributed by atoms with E-state index in [1.807, 2.05) is 0 Å². The molecule has 0 spiro atoms. The molecule has 0 saturated carbocycles. The van der Waals surface area contributed by atoms with Gasteiger partial charge >= 0.3 is 0 Å². The summed E-state index contributed by atoms with van der Waals surface area (Å²) < 4.78 is 5.83. The first-order valence-electron chi connectivity index (χ1n) is 8.67. The lowest BCUT2D eigenvalue weighted by molar-refractivity contribution is -0.384. The highest BCUT2D eigenvalue weighted by Gasteiger charge is 2.43. The molecule has 2 aromatic rings. The van der Waals surface area contributed by atoms with Crippen LogP contribution < -0.4 is 10.1 Å². The summed E-state index contributed by atoms with van der Waals surface area (Å²) in [6.45, 7) is 4.79. The maximum atomic E-state index is 12.7. The normalized spacial score (nSPS) is 19.9. The molecule has 8 nitrogen and oxygen atoms in total. The summed E-state index contributed by atoms with van der Waals surface area (Å²) in [5.74, 6) is -0.292. The third kappa shape index (κ3) is 3.59. The van der Waals surface area contributed by atoms with Gasteiger partial charge in [-0.3, -0.25) is 19.7 Å². The van der Waals surface area contributed by atoms with Gasteiger partial charge in [0, 0.05) is 28.8 Å². The molecule has 0 radical (unpaired) electrons. The van der Waals surface area contributed by atoms with Crippen LogP contribution in [0, 0.1) is 10.1 Å². The van der Waals surface area contributed by atoms with Crippen molar-refractivity contribution in [3.63, 3.8) is 0 Å². The Kier molecular flexibility index (Phi) is 4.91. The van der Waals surface area contributed by atoms with E-state index in [2.05, 4.69) is 5.32 Å². The monoisotopic (exact) mass is 384 g/mol. The predicted octanol–water partition coefficient (Wildman–Crippen LogP) is 2.80. The van der Waals surface area contributed by atoms with Crippen LogP contribution in [0.25, 0.3) is 0 Å². The van der Waals surface area contributed by atoms with Gasteiger partial charge in [-0.2, -0.15) is 0 Å². The Morgan fingerprint density at radius 2 is 1.89 bits per heavy atom. The lowest BCUT2D eigenvalue weighted by Gasteiger charge is -2.42. The van der Waals surface area contributed by atoms with Gasteiger partial charge in [0.15, 0.2) is 5.78 Å². The zero-order valence-corrected chi connectivity index (χ0v) is 15.6. The number of nitrogens with zero attached hydrogens (tertiary/aromatic N) is 1. The van der Waals surface area contributed by atoms with E-state index < -0.39 is 28.6 Å². The van der Waals surface area contributed by atoms with Gasteiger partial charge < -0.3 is 15.2 Å². The number of carbonyl (C=O) groups is 2. The van der Waals surface area contributed by atoms with E-state index in [-0.39, 0.29) is 17.0 Å². The number of ketones is 1. The number of nitro benzene ring substituents is 1. The Bertz CT molecular complexity index is 969. The summed E-state index contributed by atoms with van der Waals surface area (Å²) in [4.78, 5) is 34.8. The topological polar surface area (TPSA) is 119 Å². The van der Waals surface area contributed by atoms with Crippen LogP contribution in [0.2, 0.25) is 0 Å². The molecular formula is C20H20N2O6. The van der Waals surface area contributed by atoms with Crippen LogP contribution >= 0.6 is 0 Å². The average Bonchev–Trinajstić information content (AvgIpc) is 2.64. The molecule has 0 aromatic heterocycles. The van der Waals surface area contributed by atoms with E-state index in [0.717, 1.165) is 0 Å². The Labute approximate surface area is 161 Å². The number of non-ortho nitro benzene ring substituents is 1. The predicted molar refractivity (Wildman–Crippen MR) is 100 cm³/mol. The Hall–Kier alpha value is -3.26. The number of aliphatic hydroxyl groups is 1. The Balaban J connectivity index is 1.99. The van der Waals surface area contributed by atoms with Gasteiger partial charge in [-0.25, -0.2) is 0 Å². The minimum Gasteiger partial charge on any atom is -0.485 e. The molecule has 0 aliphatic carbocycles. The summed E-state index contributed by atoms with van der Waals surface area (Å²) in [5, 5.41) is 24.5. The van der Waals surface area contributed by atoms with Gasteiger partial charge in [0.25, 0.3) is 11.6 Å². The van der Waals surface area contributed by atoms with Crippen molar-refractivity contribution in [3.05, 3.63) is 69.3 Å². The first-order chi connectivity index (χ1) is 13.1. The minimum absolute atomic E-state index is 0.0926. The van der Waals surface area contributed by atoms with Gasteiger partial charge in [0.1, 0.15) is 17.5 Å². The second-order valence-electron chi connectivity index (χ2n) is 7.22. The molecule has 0 fully saturated rings. The summed E-state index contributed by atoms with van der Waals surface area (Å²) in [6, 6.07) is 9.29. The molecule has 3 rings (SSSR count). The van der Waals surface area contributed by atoms with Crippen molar-refractivity contribution in [3.8, 4) is 5.75 Å². The first kappa shape index (κ1) is 19.5. The van der Waals surface area contributed by atoms with Crippen LogP contribution in [0.4, 0.5) is 5.69 Å². The van der Waals surface area contributed by atoms with E-state index >= 15 is 0 Å². The van der Waals surface area contributed by atoms with Gasteiger partial charge in [-0.1, -0.05) is 6.07 Å². The highest BCUT2D eigenvalue weighted by Crippen LogP contribution is 2.40. The average molecular weight is 384 g/mol. The molecule has 1 aliphatic heterocycles. The molecule has 146 valence electrons. The number of nitrogens with one attached hydrogen (secondary N) is 1. The van der Waals surface area contributed by atoms with Crippen molar-refractivity contribution in [2.75, 3.05) is 0 Å². The van der Waals surface area contributed by atoms with Crippen molar-refractivity contribution >= 4 is 17.4 Å². The van der Waals surface area contributed by atoms with Crippen molar-refractivity contribution < 1.29 is 24.4 Å². The molecular weight excluding hydrogens is 364 g/mol. The van der Waals surface area contributed by atoms with Crippen LogP contribution in [0.15, 0.2) is 42.5 Å². The zero-order chi connectivity index (χ0) is 20.6. The molecule has 28 heavy (non-hydrogen) atoms. The Morgan fingerprint density at radius 3 is 2.54 bits per heavy atom. The lowest BCUT2D eigenvalue weighted by Crippen LogP contribution is -2.53. The number of hydrogen-bond acceptors (Lipinski definition) is 6. The number of fused-ring (bicyclic) bond motifs is 1. The van der Waals surface area contributed by atoms with Gasteiger partial charge in [-0.15, -0.1) is 0 Å². The van der Waals surface area contributed by atoms with Gasteiger partial charge in [0.05, 0.1) is 11.0 Å². The highest BCUT2D eigenvalue weighted by atomic mass is 16.6. The fourth-order valence-corrected chi connectivity index (χ4v) is 3.16. The van der Waals surface area contributed by atoms with Crippen LogP contribution in [0.1, 0.15) is 53.1 Å². The number of ether oxygens (including phenoxy) is 1. The maximum Gasteiger partial charge on any atom is 0.270 e. The highest BCUT2D eigenvalue weighted by molar-refractivity contribution is 5.96. The maximum absolute atomic E-state index is 12.7. The Morgan fingerprint density at radius 1 is 1.18 bits per heavy atom. The summed E-state index contributed by atoms with van der Waals surface area (Å²) in [7, 11) is 0. The molecule has 8 heteroatoms. The van der Waals surface area contributed by atoms with E-state index in [1.165, 1.54) is 31.2 Å². The molecule has 2 atom stereocenters. The number of Topliss-reactive ketones (excluding diaryl/α,β-unsaturated/α-hetero) is 1. The fourth-order valence-electron chi connectivity index (χ4n) is 3.16. The summed E-state index contributed by atoms with van der Waals surface area (Å²) >= 11 is 0. The van der Waals surface area contributed by atoms with Crippen molar-refractivity contribution in [1.82, 2.24) is 5.32 Å².